The van der Waals surface area contributed by atoms with Gasteiger partial charge >= 0.3 is 5.97 Å². The topological polar surface area (TPSA) is 68.7 Å². The average Bonchev–Trinajstić information content (AvgIpc) is 3.14. The molecule has 1 unspecified atom stereocenters. The van der Waals surface area contributed by atoms with Crippen molar-refractivity contribution in [2.45, 2.75) is 25.8 Å². The van der Waals surface area contributed by atoms with Crippen LogP contribution in [0.15, 0.2) is 35.7 Å². The lowest BCUT2D eigenvalue weighted by Crippen LogP contribution is -2.37. The van der Waals surface area contributed by atoms with Gasteiger partial charge in [0.25, 0.3) is 0 Å². The Morgan fingerprint density at radius 3 is 2.58 bits per heavy atom. The maximum absolute atomic E-state index is 13.1. The van der Waals surface area contributed by atoms with Crippen LogP contribution in [0.5, 0.6) is 0 Å². The quantitative estimate of drug-likeness (QED) is 0.629. The van der Waals surface area contributed by atoms with E-state index in [1.54, 1.807) is 17.4 Å². The maximum atomic E-state index is 13.1. The molecule has 0 aliphatic carbocycles. The summed E-state index contributed by atoms with van der Waals surface area (Å²) >= 11 is 1.34. The van der Waals surface area contributed by atoms with Gasteiger partial charge in [-0.15, -0.1) is 11.3 Å². The molecule has 0 radical (unpaired) electrons. The SMILES string of the molecule is CCC(C(=O)N(CCOC)Cc1nc(C(=O)OC)cs1)c1ccccc1. The van der Waals surface area contributed by atoms with Crippen LogP contribution >= 0.6 is 11.3 Å². The second-order valence-corrected chi connectivity index (χ2v) is 6.68. The van der Waals surface area contributed by atoms with Crippen molar-refractivity contribution in [3.8, 4) is 0 Å². The van der Waals surface area contributed by atoms with Crippen molar-refractivity contribution in [2.24, 2.45) is 0 Å². The number of amides is 1. The fraction of sp³-hybridized carbons (Fsp3) is 0.421. The van der Waals surface area contributed by atoms with Gasteiger partial charge in [-0.05, 0) is 12.0 Å². The fourth-order valence-electron chi connectivity index (χ4n) is 2.67. The first-order valence-corrected chi connectivity index (χ1v) is 9.34. The summed E-state index contributed by atoms with van der Waals surface area (Å²) in [4.78, 5) is 30.7. The van der Waals surface area contributed by atoms with Crippen molar-refractivity contribution in [1.29, 1.82) is 0 Å². The molecule has 0 aliphatic rings. The van der Waals surface area contributed by atoms with E-state index in [0.717, 1.165) is 5.56 Å². The van der Waals surface area contributed by atoms with Gasteiger partial charge in [0.15, 0.2) is 5.69 Å². The number of aromatic nitrogens is 1. The van der Waals surface area contributed by atoms with Crippen molar-refractivity contribution in [3.05, 3.63) is 52.0 Å². The van der Waals surface area contributed by atoms with Gasteiger partial charge in [-0.2, -0.15) is 0 Å². The number of carbonyl (C=O) groups excluding carboxylic acids is 2. The first kappa shape index (κ1) is 20.1. The van der Waals surface area contributed by atoms with Crippen LogP contribution < -0.4 is 0 Å². The molecule has 0 saturated carbocycles. The number of nitrogens with zero attached hydrogens (tertiary/aromatic N) is 2. The molecule has 1 aromatic heterocycles. The molecule has 0 spiro atoms. The smallest absolute Gasteiger partial charge is 0.357 e. The van der Waals surface area contributed by atoms with Gasteiger partial charge in [0.2, 0.25) is 5.91 Å². The minimum Gasteiger partial charge on any atom is -0.464 e. The second kappa shape index (κ2) is 10.0. The minimum atomic E-state index is -0.474. The first-order chi connectivity index (χ1) is 12.6. The molecule has 140 valence electrons. The lowest BCUT2D eigenvalue weighted by molar-refractivity contribution is -0.134. The summed E-state index contributed by atoms with van der Waals surface area (Å²) in [7, 11) is 2.93. The van der Waals surface area contributed by atoms with Crippen LogP contribution in [-0.4, -0.2) is 49.1 Å². The average molecular weight is 376 g/mol. The van der Waals surface area contributed by atoms with E-state index in [0.29, 0.717) is 31.1 Å². The van der Waals surface area contributed by atoms with E-state index < -0.39 is 5.97 Å². The van der Waals surface area contributed by atoms with Gasteiger partial charge in [-0.3, -0.25) is 4.79 Å². The lowest BCUT2D eigenvalue weighted by atomic mass is 9.95. The number of thiazole rings is 1. The van der Waals surface area contributed by atoms with Crippen LogP contribution in [0.1, 0.15) is 40.3 Å². The molecule has 2 rings (SSSR count). The third-order valence-electron chi connectivity index (χ3n) is 4.06. The molecule has 1 amide bonds. The third-order valence-corrected chi connectivity index (χ3v) is 4.89. The number of hydrogen-bond donors (Lipinski definition) is 0. The molecule has 1 atom stereocenters. The number of benzene rings is 1. The van der Waals surface area contributed by atoms with Crippen molar-refractivity contribution >= 4 is 23.2 Å². The van der Waals surface area contributed by atoms with Crippen LogP contribution in [0.25, 0.3) is 0 Å². The van der Waals surface area contributed by atoms with Crippen LogP contribution in [0.4, 0.5) is 0 Å². The summed E-state index contributed by atoms with van der Waals surface area (Å²) in [5, 5.41) is 2.34. The summed E-state index contributed by atoms with van der Waals surface area (Å²) in [6.45, 7) is 3.24. The highest BCUT2D eigenvalue weighted by molar-refractivity contribution is 7.09. The second-order valence-electron chi connectivity index (χ2n) is 5.74. The Balaban J connectivity index is 2.18. The standard InChI is InChI=1S/C19H24N2O4S/c1-4-15(14-8-6-5-7-9-14)18(22)21(10-11-24-2)12-17-20-16(13-26-17)19(23)25-3/h5-9,13,15H,4,10-12H2,1-3H3. The number of esters is 1. The Hall–Kier alpha value is -2.25. The monoisotopic (exact) mass is 376 g/mol. The number of rotatable bonds is 9. The van der Waals surface area contributed by atoms with E-state index in [2.05, 4.69) is 9.72 Å². The largest absolute Gasteiger partial charge is 0.464 e. The fourth-order valence-corrected chi connectivity index (χ4v) is 3.45. The van der Waals surface area contributed by atoms with Gasteiger partial charge in [0.1, 0.15) is 5.01 Å². The van der Waals surface area contributed by atoms with Gasteiger partial charge < -0.3 is 14.4 Å². The van der Waals surface area contributed by atoms with Crippen molar-refractivity contribution in [1.82, 2.24) is 9.88 Å². The molecule has 0 aliphatic heterocycles. The summed E-state index contributed by atoms with van der Waals surface area (Å²) in [5.41, 5.74) is 1.26. The molecule has 0 N–H and O–H groups in total. The Morgan fingerprint density at radius 2 is 1.96 bits per heavy atom. The predicted octanol–water partition coefficient (Wildman–Crippen LogP) is 3.10. The van der Waals surface area contributed by atoms with E-state index in [1.165, 1.54) is 18.4 Å². The number of ether oxygens (including phenoxy) is 2. The number of carbonyl (C=O) groups is 2. The van der Waals surface area contributed by atoms with Crippen molar-refractivity contribution < 1.29 is 19.1 Å². The Kier molecular flexibility index (Phi) is 7.74. The minimum absolute atomic E-state index is 0.0329. The normalized spacial score (nSPS) is 11.8. The lowest BCUT2D eigenvalue weighted by Gasteiger charge is -2.26. The molecule has 7 heteroatoms. The van der Waals surface area contributed by atoms with Crippen molar-refractivity contribution in [3.63, 3.8) is 0 Å². The molecule has 1 aromatic carbocycles. The van der Waals surface area contributed by atoms with E-state index in [4.69, 9.17) is 4.74 Å². The Labute approximate surface area is 157 Å². The van der Waals surface area contributed by atoms with E-state index in [1.807, 2.05) is 37.3 Å². The molecule has 6 nitrogen and oxygen atoms in total. The van der Waals surface area contributed by atoms with E-state index in [-0.39, 0.29) is 17.5 Å². The molecular formula is C19H24N2O4S. The highest BCUT2D eigenvalue weighted by atomic mass is 32.1. The molecule has 0 fully saturated rings. The van der Waals surface area contributed by atoms with Gasteiger partial charge in [-0.1, -0.05) is 37.3 Å². The highest BCUT2D eigenvalue weighted by Gasteiger charge is 2.25. The molecule has 26 heavy (non-hydrogen) atoms. The predicted molar refractivity (Wildman–Crippen MR) is 100 cm³/mol. The number of hydrogen-bond acceptors (Lipinski definition) is 6. The summed E-state index contributed by atoms with van der Waals surface area (Å²) in [6, 6.07) is 9.76. The van der Waals surface area contributed by atoms with Crippen LogP contribution in [-0.2, 0) is 20.8 Å². The third kappa shape index (κ3) is 5.12. The zero-order chi connectivity index (χ0) is 18.9. The van der Waals surface area contributed by atoms with Crippen LogP contribution in [0.2, 0.25) is 0 Å². The summed E-state index contributed by atoms with van der Waals surface area (Å²) < 4.78 is 9.84. The number of methoxy groups -OCH3 is 2. The van der Waals surface area contributed by atoms with Gasteiger partial charge in [0, 0.05) is 19.0 Å². The Morgan fingerprint density at radius 1 is 1.23 bits per heavy atom. The summed E-state index contributed by atoms with van der Waals surface area (Å²) in [6.07, 6.45) is 0.706. The van der Waals surface area contributed by atoms with E-state index in [9.17, 15) is 9.59 Å². The van der Waals surface area contributed by atoms with Gasteiger partial charge in [0.05, 0.1) is 26.2 Å². The van der Waals surface area contributed by atoms with E-state index >= 15 is 0 Å². The zero-order valence-electron chi connectivity index (χ0n) is 15.3. The Bertz CT molecular complexity index is 717. The van der Waals surface area contributed by atoms with Crippen LogP contribution in [0, 0.1) is 0 Å². The van der Waals surface area contributed by atoms with Gasteiger partial charge in [-0.25, -0.2) is 9.78 Å². The molecular weight excluding hydrogens is 352 g/mol. The maximum Gasteiger partial charge on any atom is 0.357 e. The molecule has 0 bridgehead atoms. The molecule has 1 heterocycles. The van der Waals surface area contributed by atoms with Crippen LogP contribution in [0.3, 0.4) is 0 Å². The summed E-state index contributed by atoms with van der Waals surface area (Å²) in [5.74, 6) is -0.656. The molecule has 2 aromatic rings. The zero-order valence-corrected chi connectivity index (χ0v) is 16.1. The first-order valence-electron chi connectivity index (χ1n) is 8.46. The highest BCUT2D eigenvalue weighted by Crippen LogP contribution is 2.23. The molecule has 0 saturated heterocycles. The van der Waals surface area contributed by atoms with Crippen molar-refractivity contribution in [2.75, 3.05) is 27.4 Å².